The lowest BCUT2D eigenvalue weighted by atomic mass is 9.65. The zero-order valence-corrected chi connectivity index (χ0v) is 18.3. The molecular weight excluding hydrogens is 403 g/mol. The van der Waals surface area contributed by atoms with Crippen LogP contribution < -0.4 is 4.72 Å². The number of likely N-dealkylation sites (tertiary alicyclic amines) is 1. The summed E-state index contributed by atoms with van der Waals surface area (Å²) in [5.74, 6) is -0.505. The molecule has 2 fully saturated rings. The molecule has 1 aliphatic carbocycles. The third kappa shape index (κ3) is 4.08. The average molecular weight is 431 g/mol. The van der Waals surface area contributed by atoms with E-state index in [1.807, 2.05) is 4.90 Å². The zero-order chi connectivity index (χ0) is 21.7. The van der Waals surface area contributed by atoms with Crippen molar-refractivity contribution in [2.24, 2.45) is 10.8 Å². The smallest absolute Gasteiger partial charge is 0.261 e. The number of carbonyl (C=O) groups excluding carboxylic acids is 1. The van der Waals surface area contributed by atoms with E-state index >= 15 is 0 Å². The van der Waals surface area contributed by atoms with Crippen LogP contribution in [0.5, 0.6) is 0 Å². The highest BCUT2D eigenvalue weighted by molar-refractivity contribution is 7.92. The molecule has 1 saturated carbocycles. The van der Waals surface area contributed by atoms with Gasteiger partial charge in [-0.3, -0.25) is 9.52 Å². The van der Waals surface area contributed by atoms with Gasteiger partial charge >= 0.3 is 0 Å². The van der Waals surface area contributed by atoms with Crippen molar-refractivity contribution in [3.63, 3.8) is 0 Å². The minimum absolute atomic E-state index is 0.00522. The van der Waals surface area contributed by atoms with Crippen LogP contribution >= 0.6 is 0 Å². The number of amides is 1. The minimum Gasteiger partial charge on any atom is -0.335 e. The highest BCUT2D eigenvalue weighted by Crippen LogP contribution is 2.52. The number of fused-ring (bicyclic) bond motifs is 2. The van der Waals surface area contributed by atoms with E-state index in [-0.39, 0.29) is 27.7 Å². The van der Waals surface area contributed by atoms with Gasteiger partial charge in [-0.05, 0) is 78.6 Å². The van der Waals surface area contributed by atoms with E-state index in [1.54, 1.807) is 24.3 Å². The molecule has 2 atom stereocenters. The molecule has 1 heterocycles. The van der Waals surface area contributed by atoms with Gasteiger partial charge in [0.15, 0.2) is 0 Å². The molecule has 7 heteroatoms. The first-order chi connectivity index (χ1) is 14.0. The number of nitrogens with zero attached hydrogens (tertiary/aromatic N) is 1. The second-order valence-corrected chi connectivity index (χ2v) is 11.5. The SMILES string of the molecule is CC1(C)C[C@H]2C[C@@](C)(CN2C(=O)c2ccc(NS(=O)(=O)c3ccc(F)cc3)cc2)C1. The Labute approximate surface area is 177 Å². The number of anilines is 1. The Kier molecular flexibility index (Phi) is 4.92. The number of sulfonamides is 1. The standard InChI is InChI=1S/C23H27FN2O3S/c1-22(2)12-19-13-23(3,14-22)15-26(19)21(27)16-4-8-18(9-5-16)25-30(28,29)20-10-6-17(24)7-11-20/h4-11,19,25H,12-15H2,1-3H3/t19-,23+/m0/s1. The van der Waals surface area contributed by atoms with Crippen LogP contribution in [0.2, 0.25) is 0 Å². The molecule has 1 aliphatic heterocycles. The van der Waals surface area contributed by atoms with Crippen LogP contribution in [0.25, 0.3) is 0 Å². The Balaban J connectivity index is 1.49. The molecule has 160 valence electrons. The maximum absolute atomic E-state index is 13.1. The van der Waals surface area contributed by atoms with Crippen LogP contribution in [0.1, 0.15) is 50.4 Å². The van der Waals surface area contributed by atoms with Gasteiger partial charge in [-0.2, -0.15) is 0 Å². The monoisotopic (exact) mass is 430 g/mol. The first-order valence-electron chi connectivity index (χ1n) is 10.2. The summed E-state index contributed by atoms with van der Waals surface area (Å²) >= 11 is 0. The molecule has 5 nitrogen and oxygen atoms in total. The van der Waals surface area contributed by atoms with E-state index in [0.717, 1.165) is 37.9 Å². The largest absolute Gasteiger partial charge is 0.335 e. The van der Waals surface area contributed by atoms with Crippen LogP contribution in [-0.2, 0) is 10.0 Å². The summed E-state index contributed by atoms with van der Waals surface area (Å²) in [6, 6.07) is 11.4. The van der Waals surface area contributed by atoms with E-state index < -0.39 is 15.8 Å². The van der Waals surface area contributed by atoms with Crippen LogP contribution in [0.15, 0.2) is 53.4 Å². The lowest BCUT2D eigenvalue weighted by molar-refractivity contribution is 0.0708. The predicted octanol–water partition coefficient (Wildman–Crippen LogP) is 4.67. The van der Waals surface area contributed by atoms with Crippen molar-refractivity contribution in [2.45, 2.75) is 51.0 Å². The molecule has 2 bridgehead atoms. The van der Waals surface area contributed by atoms with E-state index in [1.165, 1.54) is 12.1 Å². The summed E-state index contributed by atoms with van der Waals surface area (Å²) in [4.78, 5) is 15.1. The zero-order valence-electron chi connectivity index (χ0n) is 17.5. The third-order valence-electron chi connectivity index (χ3n) is 6.18. The van der Waals surface area contributed by atoms with E-state index in [9.17, 15) is 17.6 Å². The molecule has 1 N–H and O–H groups in total. The van der Waals surface area contributed by atoms with Gasteiger partial charge < -0.3 is 4.90 Å². The van der Waals surface area contributed by atoms with Crippen LogP contribution in [-0.4, -0.2) is 31.8 Å². The van der Waals surface area contributed by atoms with Crippen LogP contribution in [0.4, 0.5) is 10.1 Å². The van der Waals surface area contributed by atoms with Crippen molar-refractivity contribution in [2.75, 3.05) is 11.3 Å². The molecule has 2 aromatic rings. The summed E-state index contributed by atoms with van der Waals surface area (Å²) in [6.45, 7) is 7.57. The summed E-state index contributed by atoms with van der Waals surface area (Å²) in [5, 5.41) is 0. The van der Waals surface area contributed by atoms with Gasteiger partial charge in [0, 0.05) is 23.8 Å². The van der Waals surface area contributed by atoms with Crippen molar-refractivity contribution in [3.05, 3.63) is 59.9 Å². The summed E-state index contributed by atoms with van der Waals surface area (Å²) in [5.41, 5.74) is 1.29. The van der Waals surface area contributed by atoms with Gasteiger partial charge in [0.25, 0.3) is 15.9 Å². The number of rotatable bonds is 4. The quantitative estimate of drug-likeness (QED) is 0.767. The second kappa shape index (κ2) is 7.08. The van der Waals surface area contributed by atoms with Crippen molar-refractivity contribution in [1.82, 2.24) is 4.90 Å². The topological polar surface area (TPSA) is 66.5 Å². The van der Waals surface area contributed by atoms with E-state index in [4.69, 9.17) is 0 Å². The number of hydrogen-bond acceptors (Lipinski definition) is 3. The molecule has 0 unspecified atom stereocenters. The highest BCUT2D eigenvalue weighted by atomic mass is 32.2. The molecule has 0 aromatic heterocycles. The summed E-state index contributed by atoms with van der Waals surface area (Å²) in [7, 11) is -3.82. The first-order valence-corrected chi connectivity index (χ1v) is 11.6. The van der Waals surface area contributed by atoms with Crippen molar-refractivity contribution < 1.29 is 17.6 Å². The molecule has 1 saturated heterocycles. The lowest BCUT2D eigenvalue weighted by Crippen LogP contribution is -2.37. The van der Waals surface area contributed by atoms with Crippen LogP contribution in [0, 0.1) is 16.6 Å². The molecule has 0 radical (unpaired) electrons. The highest BCUT2D eigenvalue weighted by Gasteiger charge is 2.51. The van der Waals surface area contributed by atoms with Gasteiger partial charge in [0.1, 0.15) is 5.82 Å². The van der Waals surface area contributed by atoms with Crippen molar-refractivity contribution >= 4 is 21.6 Å². The Hall–Kier alpha value is -2.41. The normalized spacial score (nSPS) is 25.2. The fourth-order valence-corrected chi connectivity index (χ4v) is 6.43. The fourth-order valence-electron chi connectivity index (χ4n) is 5.37. The van der Waals surface area contributed by atoms with Crippen molar-refractivity contribution in [3.8, 4) is 0 Å². The summed E-state index contributed by atoms with van der Waals surface area (Å²) in [6.07, 6.45) is 3.16. The minimum atomic E-state index is -3.82. The Bertz CT molecular complexity index is 1060. The second-order valence-electron chi connectivity index (χ2n) is 9.78. The molecule has 30 heavy (non-hydrogen) atoms. The number of benzene rings is 2. The van der Waals surface area contributed by atoms with Gasteiger partial charge in [0.2, 0.25) is 0 Å². The molecule has 4 rings (SSSR count). The number of nitrogens with one attached hydrogen (secondary N) is 1. The maximum atomic E-state index is 13.1. The average Bonchev–Trinajstić information content (AvgIpc) is 2.90. The Morgan fingerprint density at radius 1 is 1.03 bits per heavy atom. The number of carbonyl (C=O) groups is 1. The molecule has 1 amide bonds. The van der Waals surface area contributed by atoms with E-state index in [0.29, 0.717) is 11.3 Å². The molecule has 2 aromatic carbocycles. The molecule has 2 aliphatic rings. The molecule has 0 spiro atoms. The van der Waals surface area contributed by atoms with Gasteiger partial charge in [-0.15, -0.1) is 0 Å². The van der Waals surface area contributed by atoms with Crippen molar-refractivity contribution in [1.29, 1.82) is 0 Å². The lowest BCUT2D eigenvalue weighted by Gasteiger charge is -2.39. The molecular formula is C23H27FN2O3S. The first kappa shape index (κ1) is 20.8. The number of hydrogen-bond donors (Lipinski definition) is 1. The number of halogens is 1. The van der Waals surface area contributed by atoms with Gasteiger partial charge in [-0.25, -0.2) is 12.8 Å². The Morgan fingerprint density at radius 3 is 2.30 bits per heavy atom. The third-order valence-corrected chi connectivity index (χ3v) is 7.58. The summed E-state index contributed by atoms with van der Waals surface area (Å²) < 4.78 is 40.4. The van der Waals surface area contributed by atoms with Gasteiger partial charge in [-0.1, -0.05) is 20.8 Å². The van der Waals surface area contributed by atoms with Crippen LogP contribution in [0.3, 0.4) is 0 Å². The maximum Gasteiger partial charge on any atom is 0.261 e. The Morgan fingerprint density at radius 2 is 1.67 bits per heavy atom. The van der Waals surface area contributed by atoms with E-state index in [2.05, 4.69) is 25.5 Å². The predicted molar refractivity (Wildman–Crippen MR) is 114 cm³/mol. The fraction of sp³-hybridized carbons (Fsp3) is 0.435. The van der Waals surface area contributed by atoms with Gasteiger partial charge in [0.05, 0.1) is 4.90 Å².